The van der Waals surface area contributed by atoms with Crippen LogP contribution in [0.5, 0.6) is 0 Å². The van der Waals surface area contributed by atoms with Crippen molar-refractivity contribution in [2.75, 3.05) is 29.9 Å². The quantitative estimate of drug-likeness (QED) is 0.324. The number of benzene rings is 3. The topological polar surface area (TPSA) is 79.2 Å². The number of H-pyrrole nitrogens is 1. The number of hydrogen-bond acceptors (Lipinski definition) is 6. The third kappa shape index (κ3) is 4.26. The van der Waals surface area contributed by atoms with E-state index in [4.69, 9.17) is 9.26 Å². The van der Waals surface area contributed by atoms with Crippen LogP contribution in [0, 0.1) is 6.92 Å². The highest BCUT2D eigenvalue weighted by Crippen LogP contribution is 2.32. The van der Waals surface area contributed by atoms with Gasteiger partial charge in [-0.3, -0.25) is 0 Å². The van der Waals surface area contributed by atoms with Crippen LogP contribution in [0.4, 0.5) is 17.2 Å². The first-order valence-corrected chi connectivity index (χ1v) is 11.9. The average Bonchev–Trinajstić information content (AvgIpc) is 3.53. The minimum absolute atomic E-state index is 0.222. The van der Waals surface area contributed by atoms with Crippen LogP contribution in [0.2, 0.25) is 0 Å². The predicted molar refractivity (Wildman–Crippen MR) is 139 cm³/mol. The van der Waals surface area contributed by atoms with Gasteiger partial charge in [0.2, 0.25) is 0 Å². The second kappa shape index (κ2) is 8.92. The summed E-state index contributed by atoms with van der Waals surface area (Å²) in [6.07, 6.45) is 2.10. The van der Waals surface area contributed by atoms with Crippen LogP contribution in [-0.4, -0.2) is 40.9 Å². The lowest BCUT2D eigenvalue weighted by atomic mass is 10.1. The molecule has 7 nitrogen and oxygen atoms in total. The molecule has 1 aliphatic heterocycles. The molecule has 0 amide bonds. The second-order valence-electron chi connectivity index (χ2n) is 9.01. The third-order valence-corrected chi connectivity index (χ3v) is 6.48. The maximum Gasteiger partial charge on any atom is 0.181 e. The minimum Gasteiger partial charge on any atom is -0.375 e. The summed E-state index contributed by atoms with van der Waals surface area (Å²) in [5.41, 5.74) is 7.08. The van der Waals surface area contributed by atoms with Crippen LogP contribution in [-0.2, 0) is 4.74 Å². The highest BCUT2D eigenvalue weighted by atomic mass is 16.5. The van der Waals surface area contributed by atoms with Crippen molar-refractivity contribution in [1.29, 1.82) is 0 Å². The Morgan fingerprint density at radius 2 is 1.94 bits per heavy atom. The Labute approximate surface area is 203 Å². The molecule has 7 heteroatoms. The van der Waals surface area contributed by atoms with Gasteiger partial charge in [0.15, 0.2) is 11.4 Å². The Morgan fingerprint density at radius 3 is 2.80 bits per heavy atom. The molecule has 1 fully saturated rings. The van der Waals surface area contributed by atoms with Crippen molar-refractivity contribution in [3.8, 4) is 22.6 Å². The van der Waals surface area contributed by atoms with Gasteiger partial charge in [0, 0.05) is 36.1 Å². The fraction of sp³-hybridized carbons (Fsp3) is 0.214. The van der Waals surface area contributed by atoms with Gasteiger partial charge in [0.05, 0.1) is 30.0 Å². The van der Waals surface area contributed by atoms with Gasteiger partial charge in [0.25, 0.3) is 0 Å². The molecule has 6 rings (SSSR count). The van der Waals surface area contributed by atoms with E-state index < -0.39 is 0 Å². The number of anilines is 3. The average molecular weight is 466 g/mol. The molecule has 0 spiro atoms. The maximum atomic E-state index is 5.68. The molecule has 3 heterocycles. The molecule has 1 atom stereocenters. The summed E-state index contributed by atoms with van der Waals surface area (Å²) in [5.74, 6) is 1.53. The third-order valence-electron chi connectivity index (χ3n) is 6.48. The molecule has 2 aromatic heterocycles. The largest absolute Gasteiger partial charge is 0.375 e. The predicted octanol–water partition coefficient (Wildman–Crippen LogP) is 6.16. The number of aryl methyl sites for hydroxylation is 1. The summed E-state index contributed by atoms with van der Waals surface area (Å²) < 4.78 is 11.3. The number of nitrogens with zero attached hydrogens (tertiary/aromatic N) is 3. The highest BCUT2D eigenvalue weighted by Gasteiger charge is 2.19. The Bertz CT molecular complexity index is 1470. The van der Waals surface area contributed by atoms with E-state index in [-0.39, 0.29) is 6.10 Å². The molecule has 0 unspecified atom stereocenters. The standard InChI is InChI=1S/C28H27N5O2/c1-18-8-9-21(14-24(18)27-29-16-25(31-27)20-6-4-3-5-7-20)30-28-23-11-10-22(15-26(23)35-32-28)33-12-13-34-19(2)17-33/h3-11,14-16,19H,12-13,17H2,1-2H3,(H,29,31)(H,30,32)/t19-/m0/s1. The van der Waals surface area contributed by atoms with Gasteiger partial charge < -0.3 is 24.5 Å². The summed E-state index contributed by atoms with van der Waals surface area (Å²) in [6.45, 7) is 6.67. The van der Waals surface area contributed by atoms with Crippen molar-refractivity contribution in [3.63, 3.8) is 0 Å². The van der Waals surface area contributed by atoms with E-state index in [0.29, 0.717) is 5.82 Å². The summed E-state index contributed by atoms with van der Waals surface area (Å²) >= 11 is 0. The van der Waals surface area contributed by atoms with Crippen molar-refractivity contribution in [2.24, 2.45) is 0 Å². The highest BCUT2D eigenvalue weighted by molar-refractivity contribution is 5.92. The van der Waals surface area contributed by atoms with Gasteiger partial charge in [-0.15, -0.1) is 0 Å². The van der Waals surface area contributed by atoms with E-state index in [1.54, 1.807) is 0 Å². The van der Waals surface area contributed by atoms with Crippen LogP contribution in [0.25, 0.3) is 33.6 Å². The molecule has 5 aromatic rings. The van der Waals surface area contributed by atoms with E-state index in [1.165, 1.54) is 0 Å². The van der Waals surface area contributed by atoms with Crippen molar-refractivity contribution < 1.29 is 9.26 Å². The number of imidazole rings is 1. The first-order valence-electron chi connectivity index (χ1n) is 11.9. The first kappa shape index (κ1) is 21.4. The SMILES string of the molecule is Cc1ccc(Nc2noc3cc(N4CCO[C@@H](C)C4)ccc23)cc1-c1ncc(-c2ccccc2)[nH]1. The molecule has 1 saturated heterocycles. The molecular weight excluding hydrogens is 438 g/mol. The Kier molecular flexibility index (Phi) is 5.47. The second-order valence-corrected chi connectivity index (χ2v) is 9.01. The zero-order chi connectivity index (χ0) is 23.8. The molecule has 3 aromatic carbocycles. The maximum absolute atomic E-state index is 5.68. The number of aromatic amines is 1. The normalized spacial score (nSPS) is 16.1. The molecular formula is C28H27N5O2. The Balaban J connectivity index is 1.26. The fourth-order valence-corrected chi connectivity index (χ4v) is 4.58. The zero-order valence-corrected chi connectivity index (χ0v) is 19.8. The summed E-state index contributed by atoms with van der Waals surface area (Å²) in [4.78, 5) is 10.4. The number of morpholine rings is 1. The zero-order valence-electron chi connectivity index (χ0n) is 19.8. The number of rotatable bonds is 5. The van der Waals surface area contributed by atoms with Gasteiger partial charge in [-0.05, 0) is 49.2 Å². The lowest BCUT2D eigenvalue weighted by molar-refractivity contribution is 0.0532. The van der Waals surface area contributed by atoms with E-state index in [2.05, 4.69) is 81.7 Å². The molecule has 1 aliphatic rings. The monoisotopic (exact) mass is 465 g/mol. The van der Waals surface area contributed by atoms with Crippen LogP contribution < -0.4 is 10.2 Å². The van der Waals surface area contributed by atoms with Gasteiger partial charge >= 0.3 is 0 Å². The lowest BCUT2D eigenvalue weighted by Crippen LogP contribution is -2.41. The fourth-order valence-electron chi connectivity index (χ4n) is 4.58. The molecule has 35 heavy (non-hydrogen) atoms. The summed E-state index contributed by atoms with van der Waals surface area (Å²) in [7, 11) is 0. The van der Waals surface area contributed by atoms with Gasteiger partial charge in [-0.1, -0.05) is 41.6 Å². The molecule has 2 N–H and O–H groups in total. The molecule has 0 bridgehead atoms. The minimum atomic E-state index is 0.222. The van der Waals surface area contributed by atoms with Gasteiger partial charge in [-0.2, -0.15) is 0 Å². The summed E-state index contributed by atoms with van der Waals surface area (Å²) in [5, 5.41) is 8.68. The van der Waals surface area contributed by atoms with E-state index in [0.717, 1.165) is 70.2 Å². The molecule has 0 radical (unpaired) electrons. The van der Waals surface area contributed by atoms with Crippen molar-refractivity contribution >= 4 is 28.2 Å². The van der Waals surface area contributed by atoms with Crippen LogP contribution in [0.3, 0.4) is 0 Å². The van der Waals surface area contributed by atoms with E-state index in [1.807, 2.05) is 30.5 Å². The Morgan fingerprint density at radius 1 is 1.06 bits per heavy atom. The van der Waals surface area contributed by atoms with Crippen LogP contribution in [0.15, 0.2) is 77.4 Å². The molecule has 0 saturated carbocycles. The number of fused-ring (bicyclic) bond motifs is 1. The first-order chi connectivity index (χ1) is 17.1. The lowest BCUT2D eigenvalue weighted by Gasteiger charge is -2.32. The van der Waals surface area contributed by atoms with Crippen molar-refractivity contribution in [3.05, 3.63) is 78.5 Å². The van der Waals surface area contributed by atoms with Gasteiger partial charge in [-0.25, -0.2) is 4.98 Å². The number of hydrogen-bond donors (Lipinski definition) is 2. The van der Waals surface area contributed by atoms with Crippen molar-refractivity contribution in [1.82, 2.24) is 15.1 Å². The van der Waals surface area contributed by atoms with Crippen molar-refractivity contribution in [2.45, 2.75) is 20.0 Å². The summed E-state index contributed by atoms with van der Waals surface area (Å²) in [6, 6.07) is 22.7. The number of ether oxygens (including phenoxy) is 1. The number of aromatic nitrogens is 3. The molecule has 176 valence electrons. The van der Waals surface area contributed by atoms with Crippen LogP contribution in [0.1, 0.15) is 12.5 Å². The smallest absolute Gasteiger partial charge is 0.181 e. The van der Waals surface area contributed by atoms with E-state index in [9.17, 15) is 0 Å². The van der Waals surface area contributed by atoms with E-state index >= 15 is 0 Å². The Hall–Kier alpha value is -4.10. The molecule has 0 aliphatic carbocycles. The van der Waals surface area contributed by atoms with Gasteiger partial charge in [0.1, 0.15) is 5.82 Å². The van der Waals surface area contributed by atoms with Crippen LogP contribution >= 0.6 is 0 Å². The number of nitrogens with one attached hydrogen (secondary N) is 2.